The Morgan fingerprint density at radius 3 is 2.57 bits per heavy atom. The molecule has 178 valence electrons. The van der Waals surface area contributed by atoms with Crippen LogP contribution in [0.15, 0.2) is 59.9 Å². The van der Waals surface area contributed by atoms with Crippen LogP contribution >= 0.6 is 0 Å². The Labute approximate surface area is 201 Å². The van der Waals surface area contributed by atoms with Crippen LogP contribution in [0.5, 0.6) is 0 Å². The number of aromatic nitrogens is 10. The van der Waals surface area contributed by atoms with Crippen molar-refractivity contribution in [3.8, 4) is 28.5 Å². The van der Waals surface area contributed by atoms with Crippen molar-refractivity contribution in [3.05, 3.63) is 77.0 Å². The van der Waals surface area contributed by atoms with E-state index in [1.807, 2.05) is 67.2 Å². The summed E-state index contributed by atoms with van der Waals surface area (Å²) in [4.78, 5) is 18.1. The van der Waals surface area contributed by atoms with E-state index in [1.54, 1.807) is 15.5 Å². The van der Waals surface area contributed by atoms with Crippen LogP contribution < -0.4 is 5.69 Å². The predicted octanol–water partition coefficient (Wildman–Crippen LogP) is 3.05. The maximum Gasteiger partial charge on any atom is 0.335 e. The van der Waals surface area contributed by atoms with Crippen LogP contribution in [0.4, 0.5) is 0 Å². The fourth-order valence-corrected chi connectivity index (χ4v) is 4.11. The predicted molar refractivity (Wildman–Crippen MR) is 130 cm³/mol. The highest BCUT2D eigenvalue weighted by atomic mass is 16.2. The number of nitrogens with zero attached hydrogens (tertiary/aromatic N) is 9. The van der Waals surface area contributed by atoms with Crippen molar-refractivity contribution in [1.29, 1.82) is 0 Å². The normalized spacial score (nSPS) is 11.4. The number of hydrogen-bond acceptors (Lipinski definition) is 7. The van der Waals surface area contributed by atoms with Crippen molar-refractivity contribution < 1.29 is 0 Å². The first kappa shape index (κ1) is 22.4. The number of H-pyrrole nitrogens is 1. The van der Waals surface area contributed by atoms with Gasteiger partial charge in [0.25, 0.3) is 0 Å². The average Bonchev–Trinajstić information content (AvgIpc) is 3.62. The molecule has 0 radical (unpaired) electrons. The zero-order valence-electron chi connectivity index (χ0n) is 19.8. The molecule has 11 nitrogen and oxygen atoms in total. The fraction of sp³-hybridized carbons (Fsp3) is 0.292. The van der Waals surface area contributed by atoms with E-state index in [0.717, 1.165) is 40.9 Å². The van der Waals surface area contributed by atoms with Gasteiger partial charge in [-0.3, -0.25) is 14.1 Å². The summed E-state index contributed by atoms with van der Waals surface area (Å²) in [6, 6.07) is 11.9. The molecule has 5 rings (SSSR count). The van der Waals surface area contributed by atoms with Crippen LogP contribution in [-0.2, 0) is 13.0 Å². The number of imidazole rings is 1. The molecule has 0 bridgehead atoms. The van der Waals surface area contributed by atoms with Crippen LogP contribution in [0.3, 0.4) is 0 Å². The highest BCUT2D eigenvalue weighted by molar-refractivity contribution is 5.79. The second kappa shape index (κ2) is 9.45. The van der Waals surface area contributed by atoms with Gasteiger partial charge in [-0.25, -0.2) is 9.36 Å². The Hall–Kier alpha value is -4.41. The van der Waals surface area contributed by atoms with Gasteiger partial charge in [0.1, 0.15) is 6.33 Å². The maximum absolute atomic E-state index is 13.4. The Morgan fingerprint density at radius 1 is 1.06 bits per heavy atom. The highest BCUT2D eigenvalue weighted by Crippen LogP contribution is 2.29. The van der Waals surface area contributed by atoms with E-state index in [2.05, 4.69) is 42.7 Å². The third kappa shape index (κ3) is 4.27. The van der Waals surface area contributed by atoms with Crippen LogP contribution in [-0.4, -0.2) is 49.5 Å². The number of aromatic amines is 1. The third-order valence-electron chi connectivity index (χ3n) is 5.86. The molecule has 0 aliphatic heterocycles. The van der Waals surface area contributed by atoms with E-state index in [4.69, 9.17) is 0 Å². The van der Waals surface area contributed by atoms with E-state index < -0.39 is 0 Å². The van der Waals surface area contributed by atoms with Gasteiger partial charge < -0.3 is 0 Å². The van der Waals surface area contributed by atoms with E-state index in [9.17, 15) is 4.79 Å². The SMILES string of the molecule is CCCc1cn(-c2nncn2C(C)C)c(=O)n1Cc1ccc(-c2ccccc2-c2nn[nH]n2)cn1. The van der Waals surface area contributed by atoms with Gasteiger partial charge in [-0.15, -0.1) is 20.4 Å². The molecule has 35 heavy (non-hydrogen) atoms. The van der Waals surface area contributed by atoms with E-state index >= 15 is 0 Å². The molecule has 0 unspecified atom stereocenters. The van der Waals surface area contributed by atoms with Gasteiger partial charge in [0.15, 0.2) is 0 Å². The maximum atomic E-state index is 13.4. The molecule has 11 heteroatoms. The van der Waals surface area contributed by atoms with Gasteiger partial charge in [-0.1, -0.05) is 43.7 Å². The standard InChI is InChI=1S/C24H26N10O/c1-4-7-19-14-33(23-29-26-15-34(23)16(2)3)24(35)32(19)13-18-11-10-17(12-25-18)20-8-5-6-9-21(20)22-27-30-31-28-22/h5-6,8-12,14-16H,4,7,13H2,1-3H3,(H,27,28,30,31). The Kier molecular flexibility index (Phi) is 6.04. The first-order chi connectivity index (χ1) is 17.1. The van der Waals surface area contributed by atoms with Crippen molar-refractivity contribution in [2.75, 3.05) is 0 Å². The van der Waals surface area contributed by atoms with E-state index in [-0.39, 0.29) is 11.7 Å². The summed E-state index contributed by atoms with van der Waals surface area (Å²) >= 11 is 0. The number of rotatable bonds is 8. The zero-order valence-corrected chi connectivity index (χ0v) is 19.8. The summed E-state index contributed by atoms with van der Waals surface area (Å²) in [7, 11) is 0. The molecule has 5 aromatic rings. The van der Waals surface area contributed by atoms with Gasteiger partial charge in [0.05, 0.1) is 12.2 Å². The minimum Gasteiger partial charge on any atom is -0.297 e. The number of nitrogens with one attached hydrogen (secondary N) is 1. The lowest BCUT2D eigenvalue weighted by molar-refractivity contribution is 0.576. The van der Waals surface area contributed by atoms with Crippen molar-refractivity contribution >= 4 is 0 Å². The monoisotopic (exact) mass is 470 g/mol. The Bertz CT molecular complexity index is 1480. The largest absolute Gasteiger partial charge is 0.335 e. The first-order valence-electron chi connectivity index (χ1n) is 11.6. The minimum atomic E-state index is -0.156. The minimum absolute atomic E-state index is 0.134. The molecule has 0 fully saturated rings. The van der Waals surface area contributed by atoms with Crippen LogP contribution in [0.1, 0.15) is 44.6 Å². The molecule has 0 saturated carbocycles. The second-order valence-electron chi connectivity index (χ2n) is 8.56. The number of pyridine rings is 1. The number of benzene rings is 1. The molecule has 4 heterocycles. The van der Waals surface area contributed by atoms with Crippen LogP contribution in [0, 0.1) is 0 Å². The molecule has 1 N–H and O–H groups in total. The summed E-state index contributed by atoms with van der Waals surface area (Å²) in [5.74, 6) is 1.04. The summed E-state index contributed by atoms with van der Waals surface area (Å²) in [6.07, 6.45) is 7.01. The van der Waals surface area contributed by atoms with Gasteiger partial charge in [-0.05, 0) is 37.1 Å². The Balaban J connectivity index is 1.47. The summed E-state index contributed by atoms with van der Waals surface area (Å²) < 4.78 is 5.22. The quantitative estimate of drug-likeness (QED) is 0.369. The topological polar surface area (TPSA) is 125 Å². The summed E-state index contributed by atoms with van der Waals surface area (Å²) in [6.45, 7) is 6.52. The van der Waals surface area contributed by atoms with Gasteiger partial charge in [0.2, 0.25) is 11.8 Å². The van der Waals surface area contributed by atoms with Crippen LogP contribution in [0.25, 0.3) is 28.5 Å². The van der Waals surface area contributed by atoms with Gasteiger partial charge in [-0.2, -0.15) is 5.21 Å². The van der Waals surface area contributed by atoms with Crippen molar-refractivity contribution in [2.45, 2.75) is 46.2 Å². The van der Waals surface area contributed by atoms with Crippen molar-refractivity contribution in [2.24, 2.45) is 0 Å². The molecule has 0 aliphatic carbocycles. The molecule has 0 atom stereocenters. The second-order valence-corrected chi connectivity index (χ2v) is 8.56. The molecule has 1 aromatic carbocycles. The number of hydrogen-bond donors (Lipinski definition) is 1. The molecule has 0 saturated heterocycles. The van der Waals surface area contributed by atoms with Gasteiger partial charge in [0, 0.05) is 35.3 Å². The van der Waals surface area contributed by atoms with E-state index in [0.29, 0.717) is 18.3 Å². The first-order valence-corrected chi connectivity index (χ1v) is 11.6. The molecular formula is C24H26N10O. The average molecular weight is 471 g/mol. The fourth-order valence-electron chi connectivity index (χ4n) is 4.11. The Morgan fingerprint density at radius 2 is 1.89 bits per heavy atom. The van der Waals surface area contributed by atoms with Crippen molar-refractivity contribution in [1.82, 2.24) is 49.5 Å². The van der Waals surface area contributed by atoms with E-state index in [1.165, 1.54) is 0 Å². The lowest BCUT2D eigenvalue weighted by Crippen LogP contribution is -2.27. The highest BCUT2D eigenvalue weighted by Gasteiger charge is 2.18. The number of tetrazole rings is 1. The number of aryl methyl sites for hydroxylation is 1. The third-order valence-corrected chi connectivity index (χ3v) is 5.86. The zero-order chi connectivity index (χ0) is 24.4. The smallest absolute Gasteiger partial charge is 0.297 e. The lowest BCUT2D eigenvalue weighted by Gasteiger charge is -2.10. The van der Waals surface area contributed by atoms with Gasteiger partial charge >= 0.3 is 5.69 Å². The summed E-state index contributed by atoms with van der Waals surface area (Å²) in [5.41, 5.74) is 4.31. The molecule has 0 aliphatic rings. The summed E-state index contributed by atoms with van der Waals surface area (Å²) in [5, 5.41) is 22.6. The molecule has 4 aromatic heterocycles. The molecular weight excluding hydrogens is 444 g/mol. The molecule has 0 amide bonds. The lowest BCUT2D eigenvalue weighted by atomic mass is 10.0. The van der Waals surface area contributed by atoms with Crippen LogP contribution in [0.2, 0.25) is 0 Å². The van der Waals surface area contributed by atoms with Crippen molar-refractivity contribution in [3.63, 3.8) is 0 Å². The molecule has 0 spiro atoms.